The molecule has 1 amide bonds. The molecular formula is C14H18N2O3S2. The number of ether oxygens (including phenoxy) is 1. The molecule has 1 aromatic carbocycles. The summed E-state index contributed by atoms with van der Waals surface area (Å²) in [6.45, 7) is 1.52. The van der Waals surface area contributed by atoms with E-state index < -0.39 is 0 Å². The zero-order valence-corrected chi connectivity index (χ0v) is 13.2. The van der Waals surface area contributed by atoms with Crippen LogP contribution < -0.4 is 5.32 Å². The molecule has 0 unspecified atom stereocenters. The smallest absolute Gasteiger partial charge is 0.230 e. The van der Waals surface area contributed by atoms with Gasteiger partial charge in [0.25, 0.3) is 0 Å². The number of hydrogen-bond acceptors (Lipinski definition) is 6. The van der Waals surface area contributed by atoms with E-state index in [-0.39, 0.29) is 12.5 Å². The van der Waals surface area contributed by atoms with Crippen LogP contribution in [0.4, 0.5) is 0 Å². The fourth-order valence-electron chi connectivity index (χ4n) is 1.66. The molecule has 0 bridgehead atoms. The number of hydrogen-bond donors (Lipinski definition) is 2. The third kappa shape index (κ3) is 5.62. The second-order valence-electron chi connectivity index (χ2n) is 4.28. The number of carbonyl (C=O) groups is 1. The van der Waals surface area contributed by atoms with E-state index in [1.54, 1.807) is 11.3 Å². The first-order chi connectivity index (χ1) is 10.3. The number of fused-ring (bicyclic) bond motifs is 1. The first kappa shape index (κ1) is 16.2. The Labute approximate surface area is 131 Å². The summed E-state index contributed by atoms with van der Waals surface area (Å²) in [4.78, 5) is 16.2. The van der Waals surface area contributed by atoms with Crippen LogP contribution in [0.1, 0.15) is 6.42 Å². The molecule has 0 atom stereocenters. The van der Waals surface area contributed by atoms with Crippen LogP contribution in [0.15, 0.2) is 28.6 Å². The van der Waals surface area contributed by atoms with Gasteiger partial charge in [-0.2, -0.15) is 0 Å². The molecule has 2 aromatic rings. The van der Waals surface area contributed by atoms with Crippen molar-refractivity contribution in [3.63, 3.8) is 0 Å². The van der Waals surface area contributed by atoms with Crippen LogP contribution in [-0.4, -0.2) is 48.1 Å². The number of aromatic nitrogens is 1. The Balaban J connectivity index is 1.64. The van der Waals surface area contributed by atoms with Gasteiger partial charge in [0.05, 0.1) is 29.2 Å². The second-order valence-corrected chi connectivity index (χ2v) is 6.53. The summed E-state index contributed by atoms with van der Waals surface area (Å²) in [7, 11) is 0. The standard InChI is InChI=1S/C14H18N2O3S2/c17-7-9-19-8-3-6-15-13(18)10-20-14-16-11-4-1-2-5-12(11)21-14/h1-2,4-5,17H,3,6-10H2,(H,15,18). The Morgan fingerprint density at radius 2 is 2.24 bits per heavy atom. The molecule has 2 N–H and O–H groups in total. The Morgan fingerprint density at radius 1 is 1.38 bits per heavy atom. The molecule has 114 valence electrons. The van der Waals surface area contributed by atoms with E-state index >= 15 is 0 Å². The van der Waals surface area contributed by atoms with Gasteiger partial charge in [0.1, 0.15) is 0 Å². The maximum Gasteiger partial charge on any atom is 0.230 e. The van der Waals surface area contributed by atoms with Crippen LogP contribution in [0.5, 0.6) is 0 Å². The lowest BCUT2D eigenvalue weighted by atomic mass is 10.3. The summed E-state index contributed by atoms with van der Waals surface area (Å²) in [5, 5.41) is 11.4. The molecular weight excluding hydrogens is 308 g/mol. The van der Waals surface area contributed by atoms with Crippen molar-refractivity contribution in [2.45, 2.75) is 10.8 Å². The van der Waals surface area contributed by atoms with Gasteiger partial charge in [0.2, 0.25) is 5.91 Å². The Bertz CT molecular complexity index is 541. The van der Waals surface area contributed by atoms with Crippen molar-refractivity contribution in [2.75, 3.05) is 32.1 Å². The number of amides is 1. The van der Waals surface area contributed by atoms with Gasteiger partial charge >= 0.3 is 0 Å². The van der Waals surface area contributed by atoms with E-state index in [1.165, 1.54) is 11.8 Å². The van der Waals surface area contributed by atoms with Crippen molar-refractivity contribution in [1.82, 2.24) is 10.3 Å². The topological polar surface area (TPSA) is 71.5 Å². The van der Waals surface area contributed by atoms with E-state index in [1.807, 2.05) is 24.3 Å². The summed E-state index contributed by atoms with van der Waals surface area (Å²) in [5.74, 6) is 0.374. The zero-order chi connectivity index (χ0) is 14.9. The minimum Gasteiger partial charge on any atom is -0.394 e. The summed E-state index contributed by atoms with van der Waals surface area (Å²) >= 11 is 3.06. The molecule has 0 saturated heterocycles. The molecule has 0 aliphatic heterocycles. The van der Waals surface area contributed by atoms with Crippen molar-refractivity contribution in [3.8, 4) is 0 Å². The van der Waals surface area contributed by atoms with Crippen molar-refractivity contribution in [2.24, 2.45) is 0 Å². The second kappa shape index (κ2) is 8.99. The van der Waals surface area contributed by atoms with Gasteiger partial charge < -0.3 is 15.2 Å². The van der Waals surface area contributed by atoms with E-state index in [9.17, 15) is 4.79 Å². The largest absolute Gasteiger partial charge is 0.394 e. The SMILES string of the molecule is O=C(CSc1nc2ccccc2s1)NCCCOCCO. The number of thiazole rings is 1. The predicted octanol–water partition coefficient (Wildman–Crippen LogP) is 1.90. The number of carbonyl (C=O) groups excluding carboxylic acids is 1. The third-order valence-electron chi connectivity index (χ3n) is 2.62. The average Bonchev–Trinajstić information content (AvgIpc) is 2.91. The quantitative estimate of drug-likeness (QED) is 0.544. The third-order valence-corrected chi connectivity index (χ3v) is 4.80. The number of aliphatic hydroxyl groups excluding tert-OH is 1. The van der Waals surface area contributed by atoms with Gasteiger partial charge in [-0.15, -0.1) is 11.3 Å². The highest BCUT2D eigenvalue weighted by Crippen LogP contribution is 2.28. The van der Waals surface area contributed by atoms with Crippen LogP contribution in [0, 0.1) is 0 Å². The number of nitrogens with one attached hydrogen (secondary N) is 1. The average molecular weight is 326 g/mol. The molecule has 0 saturated carbocycles. The maximum atomic E-state index is 11.7. The predicted molar refractivity (Wildman–Crippen MR) is 85.9 cm³/mol. The van der Waals surface area contributed by atoms with Crippen LogP contribution in [0.25, 0.3) is 10.2 Å². The lowest BCUT2D eigenvalue weighted by Crippen LogP contribution is -2.26. The molecule has 0 aliphatic rings. The monoisotopic (exact) mass is 326 g/mol. The first-order valence-electron chi connectivity index (χ1n) is 6.73. The molecule has 5 nitrogen and oxygen atoms in total. The number of thioether (sulfide) groups is 1. The number of para-hydroxylation sites is 1. The number of nitrogens with zero attached hydrogens (tertiary/aromatic N) is 1. The van der Waals surface area contributed by atoms with Gasteiger partial charge in [-0.05, 0) is 18.6 Å². The highest BCUT2D eigenvalue weighted by atomic mass is 32.2. The summed E-state index contributed by atoms with van der Waals surface area (Å²) in [5.41, 5.74) is 0.978. The highest BCUT2D eigenvalue weighted by molar-refractivity contribution is 8.01. The van der Waals surface area contributed by atoms with Crippen LogP contribution in [-0.2, 0) is 9.53 Å². The van der Waals surface area contributed by atoms with Gasteiger partial charge in [0.15, 0.2) is 4.34 Å². The van der Waals surface area contributed by atoms with Crippen molar-refractivity contribution in [3.05, 3.63) is 24.3 Å². The molecule has 0 fully saturated rings. The molecule has 0 spiro atoms. The Kier molecular flexibility index (Phi) is 6.94. The lowest BCUT2D eigenvalue weighted by molar-refractivity contribution is -0.118. The number of benzene rings is 1. The molecule has 2 rings (SSSR count). The van der Waals surface area contributed by atoms with Gasteiger partial charge in [-0.3, -0.25) is 4.79 Å². The molecule has 21 heavy (non-hydrogen) atoms. The van der Waals surface area contributed by atoms with Crippen molar-refractivity contribution < 1.29 is 14.6 Å². The minimum atomic E-state index is 0.00131. The van der Waals surface area contributed by atoms with Crippen molar-refractivity contribution in [1.29, 1.82) is 0 Å². The number of rotatable bonds is 9. The van der Waals surface area contributed by atoms with E-state index in [2.05, 4.69) is 10.3 Å². The van der Waals surface area contributed by atoms with Gasteiger partial charge in [-0.1, -0.05) is 23.9 Å². The van der Waals surface area contributed by atoms with Crippen molar-refractivity contribution >= 4 is 39.2 Å². The van der Waals surface area contributed by atoms with E-state index in [4.69, 9.17) is 9.84 Å². The Hall–Kier alpha value is -1.15. The van der Waals surface area contributed by atoms with Crippen LogP contribution in [0.2, 0.25) is 0 Å². The lowest BCUT2D eigenvalue weighted by Gasteiger charge is -2.04. The maximum absolute atomic E-state index is 11.7. The van der Waals surface area contributed by atoms with Gasteiger partial charge in [0, 0.05) is 13.2 Å². The molecule has 1 aromatic heterocycles. The number of aliphatic hydroxyl groups is 1. The molecule has 7 heteroatoms. The zero-order valence-electron chi connectivity index (χ0n) is 11.6. The molecule has 0 aliphatic carbocycles. The molecule has 0 radical (unpaired) electrons. The summed E-state index contributed by atoms with van der Waals surface area (Å²) in [6.07, 6.45) is 0.748. The summed E-state index contributed by atoms with van der Waals surface area (Å²) in [6, 6.07) is 7.95. The Morgan fingerprint density at radius 3 is 3.05 bits per heavy atom. The summed E-state index contributed by atoms with van der Waals surface area (Å²) < 4.78 is 7.17. The fourth-order valence-corrected chi connectivity index (χ4v) is 3.56. The minimum absolute atomic E-state index is 0.00131. The van der Waals surface area contributed by atoms with E-state index in [0.717, 1.165) is 21.0 Å². The fraction of sp³-hybridized carbons (Fsp3) is 0.429. The molecule has 1 heterocycles. The normalized spacial score (nSPS) is 10.9. The van der Waals surface area contributed by atoms with Crippen LogP contribution >= 0.6 is 23.1 Å². The first-order valence-corrected chi connectivity index (χ1v) is 8.53. The van der Waals surface area contributed by atoms with Crippen LogP contribution in [0.3, 0.4) is 0 Å². The van der Waals surface area contributed by atoms with Gasteiger partial charge in [-0.25, -0.2) is 4.98 Å². The highest BCUT2D eigenvalue weighted by Gasteiger charge is 2.07. The van der Waals surface area contributed by atoms with E-state index in [0.29, 0.717) is 25.5 Å².